The predicted molar refractivity (Wildman–Crippen MR) is 117 cm³/mol. The first kappa shape index (κ1) is 31.9. The van der Waals surface area contributed by atoms with Crippen LogP contribution in [0.15, 0.2) is 0 Å². The molecule has 0 spiro atoms. The highest BCUT2D eigenvalue weighted by Gasteiger charge is 2.35. The fourth-order valence-electron chi connectivity index (χ4n) is 2.90. The number of aliphatic carboxylic acids is 1. The number of nitrogens with one attached hydrogen (secondary N) is 3. The van der Waals surface area contributed by atoms with E-state index < -0.39 is 85.5 Å². The van der Waals surface area contributed by atoms with Crippen molar-refractivity contribution in [3.63, 3.8) is 0 Å². The number of carboxylic acids is 1. The van der Waals surface area contributed by atoms with Crippen LogP contribution in [0.4, 0.5) is 0 Å². The molecule has 0 saturated carbocycles. The number of hydrogen-bond acceptors (Lipinski definition) is 10. The summed E-state index contributed by atoms with van der Waals surface area (Å²) >= 11 is 0. The molecular formula is C20H34N4O11. The lowest BCUT2D eigenvalue weighted by Crippen LogP contribution is -2.55. The molecule has 0 aliphatic rings. The third kappa shape index (κ3) is 12.2. The van der Waals surface area contributed by atoms with Gasteiger partial charge in [-0.25, -0.2) is 0 Å². The van der Waals surface area contributed by atoms with E-state index in [-0.39, 0.29) is 25.7 Å². The Kier molecular flexibility index (Phi) is 15.0. The van der Waals surface area contributed by atoms with E-state index in [0.717, 1.165) is 6.92 Å². The van der Waals surface area contributed by atoms with Crippen LogP contribution in [0.1, 0.15) is 33.1 Å². The molecule has 0 bridgehead atoms. The highest BCUT2D eigenvalue weighted by atomic mass is 16.5. The molecule has 0 aliphatic carbocycles. The van der Waals surface area contributed by atoms with Gasteiger partial charge in [-0.15, -0.1) is 0 Å². The topological polar surface area (TPSA) is 255 Å². The highest BCUT2D eigenvalue weighted by Crippen LogP contribution is 2.10. The second-order valence-corrected chi connectivity index (χ2v) is 7.68. The molecule has 0 heterocycles. The van der Waals surface area contributed by atoms with Crippen molar-refractivity contribution in [1.82, 2.24) is 16.0 Å². The zero-order valence-electron chi connectivity index (χ0n) is 19.5. The number of carboxylic acid groups (broad SMARTS) is 1. The summed E-state index contributed by atoms with van der Waals surface area (Å²) in [5.74, 6) is -4.98. The van der Waals surface area contributed by atoms with Crippen LogP contribution in [0.25, 0.3) is 0 Å². The second-order valence-electron chi connectivity index (χ2n) is 7.68. The fourth-order valence-corrected chi connectivity index (χ4v) is 2.90. The number of rotatable bonds is 18. The number of amides is 4. The summed E-state index contributed by atoms with van der Waals surface area (Å²) in [5, 5.41) is 44.5. The van der Waals surface area contributed by atoms with Crippen LogP contribution in [-0.4, -0.2) is 106 Å². The number of hydrogen-bond donors (Lipinski definition) is 8. The molecule has 15 nitrogen and oxygen atoms in total. The molecule has 0 radical (unpaired) electrons. The summed E-state index contributed by atoms with van der Waals surface area (Å²) in [6.45, 7) is 0.892. The Bertz CT molecular complexity index is 749. The zero-order valence-corrected chi connectivity index (χ0v) is 19.5. The molecule has 0 aromatic heterocycles. The number of carbonyl (C=O) groups excluding carboxylic acids is 5. The predicted octanol–water partition coefficient (Wildman–Crippen LogP) is -4.23. The average Bonchev–Trinajstić information content (AvgIpc) is 2.79. The number of aliphatic hydroxyl groups excluding tert-OH is 3. The first-order valence-electron chi connectivity index (χ1n) is 10.8. The number of primary amides is 1. The standard InChI is InChI=1S/C20H34N4O11/c1-3-11(20(34)24-12(19(21)33)4-5-16(30)31)6-22-15(29)9-35-18(17(32)14(28)8-26)13(7-25)23-10(2)27/h7,11-14,17-18,26,28,32H,3-6,8-9H2,1-2H3,(H2,21,33)(H,22,29)(H,23,27)(H,24,34)(H,30,31)/t11?,12?,13-,14+,17+,18+/m0/s1. The minimum absolute atomic E-state index is 0.204. The van der Waals surface area contributed by atoms with Crippen molar-refractivity contribution in [2.75, 3.05) is 19.8 Å². The maximum atomic E-state index is 12.4. The molecule has 0 aliphatic heterocycles. The van der Waals surface area contributed by atoms with Gasteiger partial charge >= 0.3 is 5.97 Å². The van der Waals surface area contributed by atoms with E-state index in [1.54, 1.807) is 6.92 Å². The maximum absolute atomic E-state index is 12.4. The summed E-state index contributed by atoms with van der Waals surface area (Å²) in [4.78, 5) is 69.4. The third-order valence-corrected chi connectivity index (χ3v) is 4.91. The van der Waals surface area contributed by atoms with E-state index in [0.29, 0.717) is 0 Å². The van der Waals surface area contributed by atoms with Crippen LogP contribution < -0.4 is 21.7 Å². The number of carbonyl (C=O) groups is 6. The van der Waals surface area contributed by atoms with Crippen molar-refractivity contribution in [1.29, 1.82) is 0 Å². The molecule has 2 unspecified atom stereocenters. The molecule has 15 heteroatoms. The normalized spacial score (nSPS) is 16.0. The van der Waals surface area contributed by atoms with Crippen molar-refractivity contribution in [2.45, 2.75) is 63.5 Å². The van der Waals surface area contributed by atoms with Gasteiger partial charge in [0, 0.05) is 19.9 Å². The van der Waals surface area contributed by atoms with E-state index in [4.69, 9.17) is 20.7 Å². The molecule has 0 saturated heterocycles. The molecule has 0 rings (SSSR count). The number of aldehydes is 1. The van der Waals surface area contributed by atoms with E-state index in [2.05, 4.69) is 16.0 Å². The van der Waals surface area contributed by atoms with Gasteiger partial charge in [-0.2, -0.15) is 0 Å². The second kappa shape index (κ2) is 16.5. The Balaban J connectivity index is 5.05. The minimum atomic E-state index is -1.83. The Morgan fingerprint density at radius 2 is 1.74 bits per heavy atom. The van der Waals surface area contributed by atoms with E-state index in [9.17, 15) is 39.0 Å². The smallest absolute Gasteiger partial charge is 0.303 e. The minimum Gasteiger partial charge on any atom is -0.481 e. The first-order valence-corrected chi connectivity index (χ1v) is 10.8. The molecule has 0 fully saturated rings. The Hall–Kier alpha value is -3.14. The van der Waals surface area contributed by atoms with Crippen molar-refractivity contribution in [3.05, 3.63) is 0 Å². The van der Waals surface area contributed by atoms with Crippen LogP contribution in [0.5, 0.6) is 0 Å². The monoisotopic (exact) mass is 506 g/mol. The lowest BCUT2D eigenvalue weighted by Gasteiger charge is -2.30. The van der Waals surface area contributed by atoms with Crippen molar-refractivity contribution in [3.8, 4) is 0 Å². The van der Waals surface area contributed by atoms with E-state index >= 15 is 0 Å². The van der Waals surface area contributed by atoms with E-state index in [1.807, 2.05) is 0 Å². The summed E-state index contributed by atoms with van der Waals surface area (Å²) in [6.07, 6.45) is -5.28. The lowest BCUT2D eigenvalue weighted by molar-refractivity contribution is -0.145. The highest BCUT2D eigenvalue weighted by molar-refractivity contribution is 5.88. The SMILES string of the molecule is CCC(CNC(=O)CO[C@@H]([C@H](O)[C@H](O)CO)[C@H](C=O)NC(C)=O)C(=O)NC(CCC(=O)O)C(N)=O. The van der Waals surface area contributed by atoms with Gasteiger partial charge < -0.3 is 51.6 Å². The van der Waals surface area contributed by atoms with Crippen LogP contribution in [-0.2, 0) is 33.5 Å². The first-order chi connectivity index (χ1) is 16.4. The van der Waals surface area contributed by atoms with Gasteiger partial charge in [0.25, 0.3) is 0 Å². The quantitative estimate of drug-likeness (QED) is 0.0826. The summed E-state index contributed by atoms with van der Waals surface area (Å²) < 4.78 is 5.22. The van der Waals surface area contributed by atoms with Gasteiger partial charge in [0.1, 0.15) is 43.3 Å². The number of ether oxygens (including phenoxy) is 1. The Labute approximate surface area is 201 Å². The summed E-state index contributed by atoms with van der Waals surface area (Å²) in [5.41, 5.74) is 5.19. The third-order valence-electron chi connectivity index (χ3n) is 4.91. The Morgan fingerprint density at radius 3 is 2.20 bits per heavy atom. The van der Waals surface area contributed by atoms with Crippen LogP contribution in [0, 0.1) is 5.92 Å². The van der Waals surface area contributed by atoms with Crippen LogP contribution >= 0.6 is 0 Å². The van der Waals surface area contributed by atoms with Gasteiger partial charge in [-0.05, 0) is 12.8 Å². The fraction of sp³-hybridized carbons (Fsp3) is 0.700. The molecule has 6 atom stereocenters. The average molecular weight is 507 g/mol. The lowest BCUT2D eigenvalue weighted by atomic mass is 10.0. The number of aliphatic hydroxyl groups is 3. The molecule has 4 amide bonds. The van der Waals surface area contributed by atoms with E-state index in [1.165, 1.54) is 0 Å². The van der Waals surface area contributed by atoms with Crippen molar-refractivity contribution >= 4 is 35.9 Å². The van der Waals surface area contributed by atoms with Crippen LogP contribution in [0.2, 0.25) is 0 Å². The molecular weight excluding hydrogens is 472 g/mol. The van der Waals surface area contributed by atoms with Gasteiger partial charge in [-0.3, -0.25) is 24.0 Å². The summed E-state index contributed by atoms with van der Waals surface area (Å²) in [7, 11) is 0. The molecule has 9 N–H and O–H groups in total. The molecule has 200 valence electrons. The van der Waals surface area contributed by atoms with Gasteiger partial charge in [0.15, 0.2) is 0 Å². The van der Waals surface area contributed by atoms with Crippen LogP contribution in [0.3, 0.4) is 0 Å². The Morgan fingerprint density at radius 1 is 1.11 bits per heavy atom. The van der Waals surface area contributed by atoms with Gasteiger partial charge in [0.2, 0.25) is 23.6 Å². The van der Waals surface area contributed by atoms with Crippen molar-refractivity contribution < 1.29 is 53.9 Å². The molecule has 0 aromatic rings. The van der Waals surface area contributed by atoms with Gasteiger partial charge in [-0.1, -0.05) is 6.92 Å². The van der Waals surface area contributed by atoms with Gasteiger partial charge in [0.05, 0.1) is 12.5 Å². The number of nitrogens with two attached hydrogens (primary N) is 1. The largest absolute Gasteiger partial charge is 0.481 e. The molecule has 0 aromatic carbocycles. The summed E-state index contributed by atoms with van der Waals surface area (Å²) in [6, 6.07) is -2.65. The maximum Gasteiger partial charge on any atom is 0.303 e. The molecule has 35 heavy (non-hydrogen) atoms. The van der Waals surface area contributed by atoms with Crippen molar-refractivity contribution in [2.24, 2.45) is 11.7 Å². The zero-order chi connectivity index (χ0) is 27.1.